The van der Waals surface area contributed by atoms with Crippen molar-refractivity contribution in [1.82, 2.24) is 14.9 Å². The summed E-state index contributed by atoms with van der Waals surface area (Å²) >= 11 is 7.37. The van der Waals surface area contributed by atoms with Gasteiger partial charge in [-0.3, -0.25) is 14.2 Å². The van der Waals surface area contributed by atoms with E-state index in [1.54, 1.807) is 48.1 Å². The summed E-state index contributed by atoms with van der Waals surface area (Å²) in [7, 11) is 0. The zero-order valence-electron chi connectivity index (χ0n) is 17.9. The molecule has 0 saturated carbocycles. The van der Waals surface area contributed by atoms with E-state index < -0.39 is 5.25 Å². The topological polar surface area (TPSA) is 77.1 Å². The minimum Gasteiger partial charge on any atom is -0.467 e. The molecule has 0 fully saturated rings. The van der Waals surface area contributed by atoms with E-state index >= 15 is 0 Å². The third kappa shape index (κ3) is 4.45. The van der Waals surface area contributed by atoms with Crippen LogP contribution in [-0.2, 0) is 11.3 Å². The molecular formula is C24H22ClN3O3S. The first-order chi connectivity index (χ1) is 15.3. The number of hydrogen-bond donors (Lipinski definition) is 1. The van der Waals surface area contributed by atoms with Crippen LogP contribution in [0.4, 0.5) is 0 Å². The fraction of sp³-hybridized carbons (Fsp3) is 0.208. The summed E-state index contributed by atoms with van der Waals surface area (Å²) in [5.41, 5.74) is 3.07. The fourth-order valence-electron chi connectivity index (χ4n) is 3.35. The number of carbonyl (C=O) groups is 1. The van der Waals surface area contributed by atoms with Crippen molar-refractivity contribution in [3.05, 3.63) is 87.1 Å². The SMILES string of the molecule is Cc1cccc(-n2c(SC(C)C(=O)NCc3ccco3)nc3cc(Cl)ccc3c2=O)c1C. The smallest absolute Gasteiger partial charge is 0.266 e. The van der Waals surface area contributed by atoms with Gasteiger partial charge in [0.15, 0.2) is 5.16 Å². The molecule has 0 aliphatic carbocycles. The van der Waals surface area contributed by atoms with Gasteiger partial charge >= 0.3 is 0 Å². The molecule has 2 heterocycles. The van der Waals surface area contributed by atoms with Crippen LogP contribution in [-0.4, -0.2) is 20.7 Å². The monoisotopic (exact) mass is 467 g/mol. The van der Waals surface area contributed by atoms with Crippen LogP contribution in [0.1, 0.15) is 23.8 Å². The van der Waals surface area contributed by atoms with Crippen LogP contribution < -0.4 is 10.9 Å². The number of fused-ring (bicyclic) bond motifs is 1. The molecule has 6 nitrogen and oxygen atoms in total. The quantitative estimate of drug-likeness (QED) is 0.317. The first-order valence-corrected chi connectivity index (χ1v) is 11.4. The van der Waals surface area contributed by atoms with Gasteiger partial charge in [-0.2, -0.15) is 0 Å². The van der Waals surface area contributed by atoms with Crippen molar-refractivity contribution in [2.75, 3.05) is 0 Å². The maximum Gasteiger partial charge on any atom is 0.266 e. The number of aryl methyl sites for hydroxylation is 1. The van der Waals surface area contributed by atoms with Gasteiger partial charge in [-0.1, -0.05) is 35.5 Å². The van der Waals surface area contributed by atoms with E-state index in [2.05, 4.69) is 5.32 Å². The summed E-state index contributed by atoms with van der Waals surface area (Å²) in [6.07, 6.45) is 1.56. The lowest BCUT2D eigenvalue weighted by atomic mass is 10.1. The number of halogens is 1. The van der Waals surface area contributed by atoms with E-state index in [4.69, 9.17) is 21.0 Å². The Labute approximate surface area is 194 Å². The van der Waals surface area contributed by atoms with Crippen molar-refractivity contribution in [2.45, 2.75) is 37.7 Å². The number of aromatic nitrogens is 2. The summed E-state index contributed by atoms with van der Waals surface area (Å²) in [4.78, 5) is 30.9. The largest absolute Gasteiger partial charge is 0.467 e. The molecule has 1 N–H and O–H groups in total. The molecule has 0 aliphatic rings. The van der Waals surface area contributed by atoms with Crippen molar-refractivity contribution < 1.29 is 9.21 Å². The van der Waals surface area contributed by atoms with Gasteiger partial charge in [0.05, 0.1) is 34.6 Å². The summed E-state index contributed by atoms with van der Waals surface area (Å²) in [5, 5.41) is 3.75. The van der Waals surface area contributed by atoms with Gasteiger partial charge in [-0.15, -0.1) is 0 Å². The number of nitrogens with zero attached hydrogens (tertiary/aromatic N) is 2. The molecule has 0 radical (unpaired) electrons. The highest BCUT2D eigenvalue weighted by atomic mass is 35.5. The standard InChI is InChI=1S/C24H22ClN3O3S/c1-14-6-4-8-21(15(14)2)28-23(30)19-10-9-17(25)12-20(19)27-24(28)32-16(3)22(29)26-13-18-7-5-11-31-18/h4-12,16H,13H2,1-3H3,(H,26,29). The van der Waals surface area contributed by atoms with Crippen LogP contribution in [0.15, 0.2) is 69.2 Å². The zero-order chi connectivity index (χ0) is 22.8. The zero-order valence-corrected chi connectivity index (χ0v) is 19.5. The molecule has 0 aliphatic heterocycles. The van der Waals surface area contributed by atoms with Crippen LogP contribution in [0, 0.1) is 13.8 Å². The van der Waals surface area contributed by atoms with Crippen molar-refractivity contribution in [3.63, 3.8) is 0 Å². The molecule has 1 amide bonds. The fourth-order valence-corrected chi connectivity index (χ4v) is 4.46. The van der Waals surface area contributed by atoms with E-state index in [9.17, 15) is 9.59 Å². The van der Waals surface area contributed by atoms with Gasteiger partial charge in [0.2, 0.25) is 5.91 Å². The van der Waals surface area contributed by atoms with E-state index in [1.807, 2.05) is 32.0 Å². The number of carbonyl (C=O) groups excluding carboxylic acids is 1. The Hall–Kier alpha value is -3.03. The molecule has 1 atom stereocenters. The molecule has 1 unspecified atom stereocenters. The number of hydrogen-bond acceptors (Lipinski definition) is 5. The van der Waals surface area contributed by atoms with Crippen LogP contribution in [0.25, 0.3) is 16.6 Å². The molecule has 32 heavy (non-hydrogen) atoms. The normalized spacial score (nSPS) is 12.1. The molecule has 4 rings (SSSR count). The van der Waals surface area contributed by atoms with Crippen molar-refractivity contribution in [1.29, 1.82) is 0 Å². The van der Waals surface area contributed by atoms with Crippen LogP contribution in [0.3, 0.4) is 0 Å². The third-order valence-corrected chi connectivity index (χ3v) is 6.57. The lowest BCUT2D eigenvalue weighted by Crippen LogP contribution is -2.31. The Kier molecular flexibility index (Phi) is 6.39. The maximum absolute atomic E-state index is 13.5. The second-order valence-corrected chi connectivity index (χ2v) is 9.22. The molecule has 4 aromatic rings. The first kappa shape index (κ1) is 22.2. The average Bonchev–Trinajstić information content (AvgIpc) is 3.28. The number of rotatable bonds is 6. The number of thioether (sulfide) groups is 1. The van der Waals surface area contributed by atoms with Crippen molar-refractivity contribution in [3.8, 4) is 5.69 Å². The van der Waals surface area contributed by atoms with Gasteiger partial charge in [-0.25, -0.2) is 4.98 Å². The summed E-state index contributed by atoms with van der Waals surface area (Å²) < 4.78 is 6.85. The Morgan fingerprint density at radius 1 is 1.22 bits per heavy atom. The Morgan fingerprint density at radius 2 is 2.03 bits per heavy atom. The molecule has 0 bridgehead atoms. The minimum absolute atomic E-state index is 0.181. The molecule has 8 heteroatoms. The van der Waals surface area contributed by atoms with E-state index in [0.29, 0.717) is 33.4 Å². The van der Waals surface area contributed by atoms with E-state index in [0.717, 1.165) is 16.8 Å². The van der Waals surface area contributed by atoms with Crippen LogP contribution >= 0.6 is 23.4 Å². The highest BCUT2D eigenvalue weighted by Crippen LogP contribution is 2.28. The summed E-state index contributed by atoms with van der Waals surface area (Å²) in [6.45, 7) is 6.04. The summed E-state index contributed by atoms with van der Waals surface area (Å²) in [5.74, 6) is 0.487. The Bertz CT molecular complexity index is 1350. The lowest BCUT2D eigenvalue weighted by molar-refractivity contribution is -0.120. The Morgan fingerprint density at radius 3 is 2.78 bits per heavy atom. The van der Waals surface area contributed by atoms with Gasteiger partial charge < -0.3 is 9.73 Å². The van der Waals surface area contributed by atoms with E-state index in [-0.39, 0.29) is 11.5 Å². The van der Waals surface area contributed by atoms with Gasteiger partial charge in [-0.05, 0) is 68.3 Å². The molecule has 2 aromatic carbocycles. The minimum atomic E-state index is -0.495. The van der Waals surface area contributed by atoms with Gasteiger partial charge in [0.1, 0.15) is 5.76 Å². The predicted molar refractivity (Wildman–Crippen MR) is 128 cm³/mol. The number of amides is 1. The second-order valence-electron chi connectivity index (χ2n) is 7.47. The molecule has 0 saturated heterocycles. The second kappa shape index (κ2) is 9.22. The predicted octanol–water partition coefficient (Wildman–Crippen LogP) is 5.05. The third-order valence-electron chi connectivity index (χ3n) is 5.29. The Balaban J connectivity index is 1.75. The number of furan rings is 1. The molecule has 0 spiro atoms. The number of benzene rings is 2. The van der Waals surface area contributed by atoms with Crippen LogP contribution in [0.5, 0.6) is 0 Å². The summed E-state index contributed by atoms with van der Waals surface area (Å²) in [6, 6.07) is 14.4. The van der Waals surface area contributed by atoms with Crippen molar-refractivity contribution >= 4 is 40.2 Å². The highest BCUT2D eigenvalue weighted by molar-refractivity contribution is 8.00. The highest BCUT2D eigenvalue weighted by Gasteiger charge is 2.21. The lowest BCUT2D eigenvalue weighted by Gasteiger charge is -2.18. The number of nitrogens with one attached hydrogen (secondary N) is 1. The van der Waals surface area contributed by atoms with E-state index in [1.165, 1.54) is 11.8 Å². The average molecular weight is 468 g/mol. The van der Waals surface area contributed by atoms with Crippen LogP contribution in [0.2, 0.25) is 5.02 Å². The maximum atomic E-state index is 13.5. The van der Waals surface area contributed by atoms with Gasteiger partial charge in [0.25, 0.3) is 5.56 Å². The molecule has 164 valence electrons. The molecular weight excluding hydrogens is 446 g/mol. The van der Waals surface area contributed by atoms with Gasteiger partial charge in [0, 0.05) is 5.02 Å². The van der Waals surface area contributed by atoms with Crippen molar-refractivity contribution in [2.24, 2.45) is 0 Å². The first-order valence-electron chi connectivity index (χ1n) is 10.1. The molecule has 2 aromatic heterocycles.